The smallest absolute Gasteiger partial charge is 0.257 e. The summed E-state index contributed by atoms with van der Waals surface area (Å²) in [6, 6.07) is 10.0. The summed E-state index contributed by atoms with van der Waals surface area (Å²) in [5.74, 6) is 0.0194. The van der Waals surface area contributed by atoms with Crippen molar-refractivity contribution in [1.29, 1.82) is 0 Å². The fourth-order valence-corrected chi connectivity index (χ4v) is 2.87. The fourth-order valence-electron chi connectivity index (χ4n) is 2.87. The van der Waals surface area contributed by atoms with Crippen LogP contribution in [-0.2, 0) is 13.5 Å². The van der Waals surface area contributed by atoms with Crippen molar-refractivity contribution in [2.24, 2.45) is 7.05 Å². The van der Waals surface area contributed by atoms with Crippen molar-refractivity contribution in [2.75, 3.05) is 13.1 Å². The zero-order valence-corrected chi connectivity index (χ0v) is 12.8. The molecular weight excluding hydrogens is 278 g/mol. The van der Waals surface area contributed by atoms with Gasteiger partial charge in [0.15, 0.2) is 0 Å². The van der Waals surface area contributed by atoms with Crippen LogP contribution in [0, 0.1) is 0 Å². The van der Waals surface area contributed by atoms with Crippen molar-refractivity contribution < 1.29 is 9.90 Å². The quantitative estimate of drug-likeness (QED) is 0.936. The summed E-state index contributed by atoms with van der Waals surface area (Å²) in [5, 5.41) is 14.0. The lowest BCUT2D eigenvalue weighted by Gasteiger charge is -2.29. The molecule has 3 rings (SSSR count). The lowest BCUT2D eigenvalue weighted by Crippen LogP contribution is -2.40. The highest BCUT2D eigenvalue weighted by Gasteiger charge is 2.25. The molecule has 1 fully saturated rings. The first-order chi connectivity index (χ1) is 10.6. The molecule has 1 aliphatic rings. The molecule has 0 unspecified atom stereocenters. The van der Waals surface area contributed by atoms with Gasteiger partial charge in [-0.3, -0.25) is 9.48 Å². The van der Waals surface area contributed by atoms with Crippen LogP contribution in [0.25, 0.3) is 0 Å². The van der Waals surface area contributed by atoms with Crippen molar-refractivity contribution in [1.82, 2.24) is 14.7 Å². The van der Waals surface area contributed by atoms with Gasteiger partial charge in [0.25, 0.3) is 5.91 Å². The first-order valence-corrected chi connectivity index (χ1v) is 7.67. The molecular formula is C17H21N3O2. The molecule has 1 aromatic heterocycles. The molecule has 2 aromatic rings. The van der Waals surface area contributed by atoms with Gasteiger partial charge < -0.3 is 10.0 Å². The molecule has 1 saturated heterocycles. The third-order valence-corrected chi connectivity index (χ3v) is 4.10. The second-order valence-electron chi connectivity index (χ2n) is 5.85. The predicted octanol–water partition coefficient (Wildman–Crippen LogP) is 1.61. The van der Waals surface area contributed by atoms with E-state index in [1.165, 1.54) is 0 Å². The van der Waals surface area contributed by atoms with E-state index in [1.54, 1.807) is 10.9 Å². The van der Waals surface area contributed by atoms with Crippen LogP contribution in [0.1, 0.15) is 34.5 Å². The Morgan fingerprint density at radius 3 is 2.64 bits per heavy atom. The first kappa shape index (κ1) is 14.8. The summed E-state index contributed by atoms with van der Waals surface area (Å²) < 4.78 is 1.70. The molecule has 0 aliphatic carbocycles. The maximum absolute atomic E-state index is 12.7. The molecule has 1 aromatic carbocycles. The van der Waals surface area contributed by atoms with Crippen LogP contribution in [-0.4, -0.2) is 44.9 Å². The maximum atomic E-state index is 12.7. The Morgan fingerprint density at radius 2 is 1.95 bits per heavy atom. The molecule has 0 bridgehead atoms. The van der Waals surface area contributed by atoms with Crippen LogP contribution >= 0.6 is 0 Å². The number of benzene rings is 1. The van der Waals surface area contributed by atoms with Crippen molar-refractivity contribution in [3.05, 3.63) is 53.3 Å². The highest BCUT2D eigenvalue weighted by Crippen LogP contribution is 2.18. The monoisotopic (exact) mass is 299 g/mol. The molecule has 22 heavy (non-hydrogen) atoms. The number of hydrogen-bond donors (Lipinski definition) is 1. The lowest BCUT2D eigenvalue weighted by molar-refractivity contribution is 0.0545. The molecule has 1 N–H and O–H groups in total. The summed E-state index contributed by atoms with van der Waals surface area (Å²) in [6.45, 7) is 1.22. The van der Waals surface area contributed by atoms with Gasteiger partial charge in [-0.2, -0.15) is 5.10 Å². The number of carbonyl (C=O) groups is 1. The van der Waals surface area contributed by atoms with Gasteiger partial charge in [0.1, 0.15) is 0 Å². The summed E-state index contributed by atoms with van der Waals surface area (Å²) in [4.78, 5) is 14.5. The zero-order chi connectivity index (χ0) is 15.5. The Bertz CT molecular complexity index is 643. The lowest BCUT2D eigenvalue weighted by atomic mass is 10.0. The predicted molar refractivity (Wildman–Crippen MR) is 83.6 cm³/mol. The van der Waals surface area contributed by atoms with E-state index in [-0.39, 0.29) is 12.0 Å². The third kappa shape index (κ3) is 3.20. The topological polar surface area (TPSA) is 58.4 Å². The standard InChI is InChI=1S/C17H21N3O2/c1-19-12-15(17(22)20-9-7-14(21)8-10-20)16(18-19)11-13-5-3-2-4-6-13/h2-6,12,14,21H,7-11H2,1H3. The van der Waals surface area contributed by atoms with E-state index in [0.29, 0.717) is 37.9 Å². The van der Waals surface area contributed by atoms with Gasteiger partial charge in [0.05, 0.1) is 17.4 Å². The van der Waals surface area contributed by atoms with Crippen molar-refractivity contribution >= 4 is 5.91 Å². The van der Waals surface area contributed by atoms with E-state index in [9.17, 15) is 9.90 Å². The number of hydrogen-bond acceptors (Lipinski definition) is 3. The Hall–Kier alpha value is -2.14. The summed E-state index contributed by atoms with van der Waals surface area (Å²) in [6.07, 6.45) is 3.48. The SMILES string of the molecule is Cn1cc(C(=O)N2CCC(O)CC2)c(Cc2ccccc2)n1. The normalized spacial score (nSPS) is 16.0. The molecule has 5 heteroatoms. The minimum atomic E-state index is -0.276. The molecule has 2 heterocycles. The van der Waals surface area contributed by atoms with E-state index in [0.717, 1.165) is 11.3 Å². The van der Waals surface area contributed by atoms with Gasteiger partial charge in [0, 0.05) is 32.8 Å². The number of aliphatic hydroxyl groups is 1. The molecule has 0 radical (unpaired) electrons. The average Bonchev–Trinajstić information content (AvgIpc) is 2.89. The van der Waals surface area contributed by atoms with E-state index in [4.69, 9.17) is 0 Å². The number of carbonyl (C=O) groups excluding carboxylic acids is 1. The van der Waals surface area contributed by atoms with E-state index >= 15 is 0 Å². The first-order valence-electron chi connectivity index (χ1n) is 7.67. The summed E-state index contributed by atoms with van der Waals surface area (Å²) >= 11 is 0. The van der Waals surface area contributed by atoms with Crippen LogP contribution in [0.4, 0.5) is 0 Å². The van der Waals surface area contributed by atoms with Crippen LogP contribution in [0.15, 0.2) is 36.5 Å². The maximum Gasteiger partial charge on any atom is 0.257 e. The van der Waals surface area contributed by atoms with Gasteiger partial charge in [-0.1, -0.05) is 30.3 Å². The second-order valence-corrected chi connectivity index (χ2v) is 5.85. The Balaban J connectivity index is 1.80. The van der Waals surface area contributed by atoms with Gasteiger partial charge in [-0.25, -0.2) is 0 Å². The molecule has 1 aliphatic heterocycles. The van der Waals surface area contributed by atoms with Crippen LogP contribution < -0.4 is 0 Å². The van der Waals surface area contributed by atoms with Crippen molar-refractivity contribution in [3.63, 3.8) is 0 Å². The molecule has 5 nitrogen and oxygen atoms in total. The van der Waals surface area contributed by atoms with Gasteiger partial charge >= 0.3 is 0 Å². The molecule has 0 spiro atoms. The summed E-state index contributed by atoms with van der Waals surface area (Å²) in [5.41, 5.74) is 2.62. The number of aryl methyl sites for hydroxylation is 1. The van der Waals surface area contributed by atoms with Crippen molar-refractivity contribution in [3.8, 4) is 0 Å². The van der Waals surface area contributed by atoms with Gasteiger partial charge in [-0.15, -0.1) is 0 Å². The van der Waals surface area contributed by atoms with E-state index in [1.807, 2.05) is 42.3 Å². The Labute approximate surface area is 130 Å². The number of nitrogens with zero attached hydrogens (tertiary/aromatic N) is 3. The van der Waals surface area contributed by atoms with Gasteiger partial charge in [-0.05, 0) is 18.4 Å². The van der Waals surface area contributed by atoms with Crippen LogP contribution in [0.3, 0.4) is 0 Å². The zero-order valence-electron chi connectivity index (χ0n) is 12.8. The Kier molecular flexibility index (Phi) is 4.24. The highest BCUT2D eigenvalue weighted by molar-refractivity contribution is 5.95. The van der Waals surface area contributed by atoms with Crippen molar-refractivity contribution in [2.45, 2.75) is 25.4 Å². The number of amides is 1. The molecule has 0 atom stereocenters. The number of aromatic nitrogens is 2. The minimum absolute atomic E-state index is 0.0194. The highest BCUT2D eigenvalue weighted by atomic mass is 16.3. The third-order valence-electron chi connectivity index (χ3n) is 4.10. The van der Waals surface area contributed by atoms with Crippen LogP contribution in [0.5, 0.6) is 0 Å². The number of rotatable bonds is 3. The fraction of sp³-hybridized carbons (Fsp3) is 0.412. The van der Waals surface area contributed by atoms with E-state index in [2.05, 4.69) is 5.10 Å². The second kappa shape index (κ2) is 6.32. The van der Waals surface area contributed by atoms with Gasteiger partial charge in [0.2, 0.25) is 0 Å². The van der Waals surface area contributed by atoms with Crippen LogP contribution in [0.2, 0.25) is 0 Å². The molecule has 1 amide bonds. The number of piperidine rings is 1. The minimum Gasteiger partial charge on any atom is -0.393 e. The number of likely N-dealkylation sites (tertiary alicyclic amines) is 1. The largest absolute Gasteiger partial charge is 0.393 e. The van der Waals surface area contributed by atoms with E-state index < -0.39 is 0 Å². The molecule has 0 saturated carbocycles. The summed E-state index contributed by atoms with van der Waals surface area (Å²) in [7, 11) is 1.84. The Morgan fingerprint density at radius 1 is 1.27 bits per heavy atom. The molecule has 116 valence electrons. The number of aliphatic hydroxyl groups excluding tert-OH is 1. The average molecular weight is 299 g/mol.